The molecule has 3 aromatic rings. The topological polar surface area (TPSA) is 66.0 Å². The number of nitrogens with one attached hydrogen (secondary N) is 2. The lowest BCUT2D eigenvalue weighted by molar-refractivity contribution is -0.137. The van der Waals surface area contributed by atoms with Crippen LogP contribution in [0.2, 0.25) is 0 Å². The van der Waals surface area contributed by atoms with Crippen molar-refractivity contribution in [1.82, 2.24) is 19.9 Å². The van der Waals surface area contributed by atoms with Gasteiger partial charge in [0.2, 0.25) is 5.95 Å². The molecular formula is C24H28F4N6S. The quantitative estimate of drug-likeness (QED) is 0.380. The van der Waals surface area contributed by atoms with E-state index in [0.29, 0.717) is 16.4 Å². The van der Waals surface area contributed by atoms with Crippen LogP contribution in [-0.4, -0.2) is 44.0 Å². The molecule has 2 aromatic heterocycles. The van der Waals surface area contributed by atoms with E-state index in [4.69, 9.17) is 0 Å². The van der Waals surface area contributed by atoms with Crippen LogP contribution >= 0.6 is 11.3 Å². The third kappa shape index (κ3) is 5.56. The summed E-state index contributed by atoms with van der Waals surface area (Å²) in [7, 11) is 2.11. The van der Waals surface area contributed by atoms with Crippen molar-refractivity contribution in [3.05, 3.63) is 47.2 Å². The summed E-state index contributed by atoms with van der Waals surface area (Å²) >= 11 is 1.25. The Labute approximate surface area is 205 Å². The lowest BCUT2D eigenvalue weighted by Gasteiger charge is -2.53. The normalized spacial score (nSPS) is 18.4. The minimum Gasteiger partial charge on any atom is -0.365 e. The highest BCUT2D eigenvalue weighted by atomic mass is 32.1. The number of nitrogens with zero attached hydrogens (tertiary/aromatic N) is 4. The Morgan fingerprint density at radius 1 is 1.03 bits per heavy atom. The third-order valence-electron chi connectivity index (χ3n) is 6.62. The number of rotatable bonds is 5. The number of aromatic nitrogens is 3. The summed E-state index contributed by atoms with van der Waals surface area (Å²) in [6.07, 6.45) is -1.64. The predicted molar refractivity (Wildman–Crippen MR) is 130 cm³/mol. The zero-order chi connectivity index (χ0) is 25.6. The van der Waals surface area contributed by atoms with Gasteiger partial charge in [0, 0.05) is 28.1 Å². The van der Waals surface area contributed by atoms with Crippen LogP contribution in [0, 0.1) is 5.82 Å². The van der Waals surface area contributed by atoms with Crippen LogP contribution in [0.5, 0.6) is 0 Å². The van der Waals surface area contributed by atoms with Gasteiger partial charge < -0.3 is 5.32 Å². The predicted octanol–water partition coefficient (Wildman–Crippen LogP) is 6.56. The molecule has 1 saturated heterocycles. The van der Waals surface area contributed by atoms with Gasteiger partial charge in [-0.3, -0.25) is 10.2 Å². The Balaban J connectivity index is 1.48. The molecule has 0 saturated carbocycles. The molecular weight excluding hydrogens is 480 g/mol. The maximum Gasteiger partial charge on any atom is 0.416 e. The van der Waals surface area contributed by atoms with E-state index < -0.39 is 17.6 Å². The molecule has 4 rings (SSSR count). The van der Waals surface area contributed by atoms with E-state index in [9.17, 15) is 17.6 Å². The van der Waals surface area contributed by atoms with Crippen LogP contribution < -0.4 is 10.6 Å². The molecule has 2 N–H and O–H groups in total. The summed E-state index contributed by atoms with van der Waals surface area (Å²) in [6, 6.07) is 4.83. The number of hydrogen-bond acceptors (Lipinski definition) is 7. The number of hydrogen-bond donors (Lipinski definition) is 2. The van der Waals surface area contributed by atoms with Crippen molar-refractivity contribution >= 4 is 28.2 Å². The Morgan fingerprint density at radius 2 is 1.66 bits per heavy atom. The maximum atomic E-state index is 14.5. The van der Waals surface area contributed by atoms with Gasteiger partial charge in [0.05, 0.1) is 17.5 Å². The Bertz CT molecular complexity index is 1170. The van der Waals surface area contributed by atoms with Gasteiger partial charge in [-0.2, -0.15) is 18.2 Å². The second-order valence-electron chi connectivity index (χ2n) is 10.1. The maximum absolute atomic E-state index is 14.5. The van der Waals surface area contributed by atoms with Crippen LogP contribution in [0.25, 0.3) is 11.3 Å². The van der Waals surface area contributed by atoms with E-state index in [0.717, 1.165) is 31.2 Å². The van der Waals surface area contributed by atoms with Crippen molar-refractivity contribution in [3.63, 3.8) is 0 Å². The summed E-state index contributed by atoms with van der Waals surface area (Å²) in [5, 5.41) is 8.38. The molecule has 0 aliphatic carbocycles. The van der Waals surface area contributed by atoms with Crippen molar-refractivity contribution in [1.29, 1.82) is 0 Å². The molecule has 0 amide bonds. The molecule has 11 heteroatoms. The average Bonchev–Trinajstić information content (AvgIpc) is 3.22. The standard InChI is InChI=1S/C24H28F4N6S/c1-22(2)10-16(11-23(3,4)34(22)5)30-19-17(25)12-29-20(32-19)33-21-31-18(13-35-21)14-6-8-15(9-7-14)24(26,27)28/h6-9,12-13,16H,10-11H2,1-5H3,(H2,29,30,31,32,33). The minimum absolute atomic E-state index is 0.0274. The highest BCUT2D eigenvalue weighted by Gasteiger charge is 2.43. The molecule has 1 aromatic carbocycles. The van der Waals surface area contributed by atoms with E-state index in [2.05, 4.69) is 65.2 Å². The van der Waals surface area contributed by atoms with Gasteiger partial charge in [-0.1, -0.05) is 12.1 Å². The van der Waals surface area contributed by atoms with Crippen LogP contribution in [0.15, 0.2) is 35.8 Å². The van der Waals surface area contributed by atoms with Gasteiger partial charge in [0.25, 0.3) is 0 Å². The molecule has 0 unspecified atom stereocenters. The van der Waals surface area contributed by atoms with Gasteiger partial charge in [-0.05, 0) is 59.7 Å². The monoisotopic (exact) mass is 508 g/mol. The zero-order valence-electron chi connectivity index (χ0n) is 20.2. The molecule has 0 atom stereocenters. The van der Waals surface area contributed by atoms with E-state index >= 15 is 0 Å². The molecule has 35 heavy (non-hydrogen) atoms. The largest absolute Gasteiger partial charge is 0.416 e. The van der Waals surface area contributed by atoms with Crippen molar-refractivity contribution in [3.8, 4) is 11.3 Å². The summed E-state index contributed by atoms with van der Waals surface area (Å²) < 4.78 is 52.9. The summed E-state index contributed by atoms with van der Waals surface area (Å²) in [5.74, 6) is -0.258. The van der Waals surface area contributed by atoms with E-state index in [1.54, 1.807) is 5.38 Å². The average molecular weight is 509 g/mol. The Morgan fingerprint density at radius 3 is 2.26 bits per heavy atom. The van der Waals surface area contributed by atoms with Crippen molar-refractivity contribution in [2.45, 2.75) is 63.8 Å². The smallest absolute Gasteiger partial charge is 0.365 e. The summed E-state index contributed by atoms with van der Waals surface area (Å²) in [4.78, 5) is 15.1. The number of piperidine rings is 1. The van der Waals surface area contributed by atoms with Crippen LogP contribution in [0.3, 0.4) is 0 Å². The second kappa shape index (κ2) is 9.02. The highest BCUT2D eigenvalue weighted by Crippen LogP contribution is 2.38. The molecule has 188 valence electrons. The number of likely N-dealkylation sites (tertiary alicyclic amines) is 1. The number of thiazole rings is 1. The fourth-order valence-corrected chi connectivity index (χ4v) is 5.30. The van der Waals surface area contributed by atoms with E-state index in [1.165, 1.54) is 23.5 Å². The summed E-state index contributed by atoms with van der Waals surface area (Å²) in [5.41, 5.74) is 0.213. The Hall–Kier alpha value is -2.79. The number of anilines is 3. The van der Waals surface area contributed by atoms with Crippen molar-refractivity contribution in [2.75, 3.05) is 17.7 Å². The zero-order valence-corrected chi connectivity index (χ0v) is 21.0. The fraction of sp³-hybridized carbons (Fsp3) is 0.458. The third-order valence-corrected chi connectivity index (χ3v) is 7.38. The first-order chi connectivity index (χ1) is 16.2. The number of halogens is 4. The first-order valence-corrected chi connectivity index (χ1v) is 12.1. The van der Waals surface area contributed by atoms with Crippen molar-refractivity contribution in [2.24, 2.45) is 0 Å². The van der Waals surface area contributed by atoms with Gasteiger partial charge in [-0.15, -0.1) is 11.3 Å². The molecule has 0 spiro atoms. The molecule has 1 aliphatic rings. The molecule has 0 radical (unpaired) electrons. The van der Waals surface area contributed by atoms with Crippen LogP contribution in [-0.2, 0) is 6.18 Å². The Kier molecular flexibility index (Phi) is 6.52. The molecule has 1 aliphatic heterocycles. The van der Waals surface area contributed by atoms with Gasteiger partial charge in [0.1, 0.15) is 0 Å². The fourth-order valence-electron chi connectivity index (χ4n) is 4.58. The first-order valence-electron chi connectivity index (χ1n) is 11.2. The van der Waals surface area contributed by atoms with E-state index in [1.807, 2.05) is 0 Å². The van der Waals surface area contributed by atoms with Crippen LogP contribution in [0.1, 0.15) is 46.1 Å². The molecule has 0 bridgehead atoms. The molecule has 1 fully saturated rings. The van der Waals surface area contributed by atoms with Crippen LogP contribution in [0.4, 0.5) is 34.5 Å². The number of benzene rings is 1. The van der Waals surface area contributed by atoms with Crippen molar-refractivity contribution < 1.29 is 17.6 Å². The van der Waals surface area contributed by atoms with Gasteiger partial charge >= 0.3 is 6.18 Å². The lowest BCUT2D eigenvalue weighted by Crippen LogP contribution is -2.61. The minimum atomic E-state index is -4.39. The molecule has 3 heterocycles. The number of alkyl halides is 3. The second-order valence-corrected chi connectivity index (χ2v) is 10.9. The lowest BCUT2D eigenvalue weighted by atomic mass is 9.77. The first kappa shape index (κ1) is 25.3. The van der Waals surface area contributed by atoms with Gasteiger partial charge in [0.15, 0.2) is 16.8 Å². The van der Waals surface area contributed by atoms with E-state index in [-0.39, 0.29) is 28.9 Å². The summed E-state index contributed by atoms with van der Waals surface area (Å²) in [6.45, 7) is 8.68. The van der Waals surface area contributed by atoms with Gasteiger partial charge in [-0.25, -0.2) is 14.4 Å². The highest BCUT2D eigenvalue weighted by molar-refractivity contribution is 7.14. The molecule has 6 nitrogen and oxygen atoms in total. The SMILES string of the molecule is CN1C(C)(C)CC(Nc2nc(Nc3nc(-c4ccc(C(F)(F)F)cc4)cs3)ncc2F)CC1(C)C.